The Labute approximate surface area is 95.4 Å². The molecule has 1 saturated heterocycles. The first-order valence-electron chi connectivity index (χ1n) is 5.93. The molecule has 0 bridgehead atoms. The van der Waals surface area contributed by atoms with Gasteiger partial charge >= 0.3 is 0 Å². The summed E-state index contributed by atoms with van der Waals surface area (Å²) >= 11 is 0. The van der Waals surface area contributed by atoms with Crippen molar-refractivity contribution in [2.45, 2.75) is 25.4 Å². The summed E-state index contributed by atoms with van der Waals surface area (Å²) in [5.74, 6) is 0.278. The summed E-state index contributed by atoms with van der Waals surface area (Å²) in [5.41, 5.74) is 2.65. The van der Waals surface area contributed by atoms with Gasteiger partial charge in [0.15, 0.2) is 0 Å². The molecule has 0 aromatic heterocycles. The van der Waals surface area contributed by atoms with Gasteiger partial charge in [0, 0.05) is 19.6 Å². The molecule has 0 spiro atoms. The fourth-order valence-electron chi connectivity index (χ4n) is 2.39. The van der Waals surface area contributed by atoms with Gasteiger partial charge in [0.1, 0.15) is 0 Å². The largest absolute Gasteiger partial charge is 0.341 e. The fraction of sp³-hybridized carbons (Fsp3) is 0.462. The smallest absolute Gasteiger partial charge is 0.240 e. The second kappa shape index (κ2) is 3.91. The number of nitrogens with one attached hydrogen (secondary N) is 1. The molecule has 1 N–H and O–H groups in total. The van der Waals surface area contributed by atoms with Crippen molar-refractivity contribution in [1.29, 1.82) is 0 Å². The number of carbonyl (C=O) groups is 1. The monoisotopic (exact) mass is 216 g/mol. The van der Waals surface area contributed by atoms with Crippen molar-refractivity contribution in [3.63, 3.8) is 0 Å². The summed E-state index contributed by atoms with van der Waals surface area (Å²) in [5, 5.41) is 3.33. The summed E-state index contributed by atoms with van der Waals surface area (Å²) < 4.78 is 0. The minimum atomic E-state index is -0.00444. The zero-order valence-electron chi connectivity index (χ0n) is 9.28. The number of rotatable bonds is 1. The average Bonchev–Trinajstić information content (AvgIpc) is 2.26. The second-order valence-electron chi connectivity index (χ2n) is 4.59. The highest BCUT2D eigenvalue weighted by molar-refractivity contribution is 5.83. The highest BCUT2D eigenvalue weighted by Gasteiger charge is 2.30. The van der Waals surface area contributed by atoms with E-state index in [2.05, 4.69) is 29.6 Å². The van der Waals surface area contributed by atoms with Crippen LogP contribution in [0, 0.1) is 0 Å². The molecule has 0 aliphatic carbocycles. The third kappa shape index (κ3) is 1.61. The van der Waals surface area contributed by atoms with Crippen LogP contribution >= 0.6 is 0 Å². The molecule has 2 aliphatic heterocycles. The van der Waals surface area contributed by atoms with Gasteiger partial charge < -0.3 is 10.2 Å². The first-order chi connectivity index (χ1) is 7.84. The maximum atomic E-state index is 12.1. The first-order valence-corrected chi connectivity index (χ1v) is 5.93. The lowest BCUT2D eigenvalue weighted by molar-refractivity contribution is -0.137. The number of fused-ring (bicyclic) bond motifs is 1. The number of hydrogen-bond acceptors (Lipinski definition) is 2. The van der Waals surface area contributed by atoms with Gasteiger partial charge in [-0.05, 0) is 24.0 Å². The number of benzene rings is 1. The van der Waals surface area contributed by atoms with Crippen LogP contribution in [0.25, 0.3) is 0 Å². The van der Waals surface area contributed by atoms with Gasteiger partial charge in [-0.1, -0.05) is 24.3 Å². The summed E-state index contributed by atoms with van der Waals surface area (Å²) in [7, 11) is 0. The van der Waals surface area contributed by atoms with Crippen LogP contribution in [0.5, 0.6) is 0 Å². The molecule has 1 aromatic rings. The molecule has 2 aliphatic rings. The van der Waals surface area contributed by atoms with E-state index in [4.69, 9.17) is 0 Å². The Bertz CT molecular complexity index is 412. The Hall–Kier alpha value is -1.35. The molecule has 0 saturated carbocycles. The Morgan fingerprint density at radius 1 is 1.25 bits per heavy atom. The number of nitrogens with zero attached hydrogens (tertiary/aromatic N) is 1. The summed E-state index contributed by atoms with van der Waals surface area (Å²) in [6, 6.07) is 8.36. The maximum absolute atomic E-state index is 12.1. The molecule has 16 heavy (non-hydrogen) atoms. The van der Waals surface area contributed by atoms with Crippen molar-refractivity contribution in [3.8, 4) is 0 Å². The third-order valence-electron chi connectivity index (χ3n) is 3.55. The molecule has 1 fully saturated rings. The standard InChI is InChI=1S/C13H16N2O/c16-13(15-6-3-7-15)12-8-10-4-1-2-5-11(10)9-14-12/h1-2,4-5,12,14H,3,6-9H2. The van der Waals surface area contributed by atoms with Crippen LogP contribution in [0.3, 0.4) is 0 Å². The minimum Gasteiger partial charge on any atom is -0.341 e. The lowest BCUT2D eigenvalue weighted by atomic mass is 9.94. The zero-order chi connectivity index (χ0) is 11.0. The van der Waals surface area contributed by atoms with Gasteiger partial charge in [0.2, 0.25) is 5.91 Å². The zero-order valence-corrected chi connectivity index (χ0v) is 9.28. The summed E-state index contributed by atoms with van der Waals surface area (Å²) in [4.78, 5) is 14.0. The Kier molecular flexibility index (Phi) is 2.40. The minimum absolute atomic E-state index is 0.00444. The van der Waals surface area contributed by atoms with E-state index < -0.39 is 0 Å². The second-order valence-corrected chi connectivity index (χ2v) is 4.59. The number of likely N-dealkylation sites (tertiary alicyclic amines) is 1. The van der Waals surface area contributed by atoms with Gasteiger partial charge in [0.05, 0.1) is 6.04 Å². The maximum Gasteiger partial charge on any atom is 0.240 e. The molecule has 0 radical (unpaired) electrons. The van der Waals surface area contributed by atoms with Crippen LogP contribution < -0.4 is 5.32 Å². The van der Waals surface area contributed by atoms with Crippen LogP contribution in [0.2, 0.25) is 0 Å². The van der Waals surface area contributed by atoms with E-state index in [1.165, 1.54) is 11.1 Å². The van der Waals surface area contributed by atoms with Crippen LogP contribution in [0.4, 0.5) is 0 Å². The number of carbonyl (C=O) groups excluding carboxylic acids is 1. The van der Waals surface area contributed by atoms with Crippen LogP contribution in [-0.4, -0.2) is 29.9 Å². The molecular weight excluding hydrogens is 200 g/mol. The molecule has 1 atom stereocenters. The van der Waals surface area contributed by atoms with E-state index in [9.17, 15) is 4.79 Å². The van der Waals surface area contributed by atoms with E-state index in [1.807, 2.05) is 4.90 Å². The number of amides is 1. The lowest BCUT2D eigenvalue weighted by Gasteiger charge is -2.36. The molecule has 3 rings (SSSR count). The van der Waals surface area contributed by atoms with Gasteiger partial charge in [-0.15, -0.1) is 0 Å². The van der Waals surface area contributed by atoms with E-state index in [0.717, 1.165) is 32.5 Å². The Morgan fingerprint density at radius 2 is 2.00 bits per heavy atom. The van der Waals surface area contributed by atoms with E-state index >= 15 is 0 Å². The Morgan fingerprint density at radius 3 is 2.69 bits per heavy atom. The van der Waals surface area contributed by atoms with Gasteiger partial charge in [-0.2, -0.15) is 0 Å². The third-order valence-corrected chi connectivity index (χ3v) is 3.55. The summed E-state index contributed by atoms with van der Waals surface area (Å²) in [6.07, 6.45) is 2.00. The molecule has 3 heteroatoms. The van der Waals surface area contributed by atoms with Crippen molar-refractivity contribution >= 4 is 5.91 Å². The van der Waals surface area contributed by atoms with Crippen molar-refractivity contribution in [3.05, 3.63) is 35.4 Å². The highest BCUT2D eigenvalue weighted by atomic mass is 16.2. The van der Waals surface area contributed by atoms with Crippen molar-refractivity contribution < 1.29 is 4.79 Å². The molecular formula is C13H16N2O. The highest BCUT2D eigenvalue weighted by Crippen LogP contribution is 2.18. The SMILES string of the molecule is O=C(C1Cc2ccccc2CN1)N1CCC1. The molecule has 1 unspecified atom stereocenters. The van der Waals surface area contributed by atoms with Crippen molar-refractivity contribution in [1.82, 2.24) is 10.2 Å². The molecule has 84 valence electrons. The fourth-order valence-corrected chi connectivity index (χ4v) is 2.39. The Balaban J connectivity index is 1.74. The van der Waals surface area contributed by atoms with Crippen molar-refractivity contribution in [2.24, 2.45) is 0 Å². The van der Waals surface area contributed by atoms with Gasteiger partial charge in [0.25, 0.3) is 0 Å². The van der Waals surface area contributed by atoms with E-state index in [1.54, 1.807) is 0 Å². The predicted molar refractivity (Wildman–Crippen MR) is 62.0 cm³/mol. The van der Waals surface area contributed by atoms with Crippen LogP contribution in [-0.2, 0) is 17.8 Å². The van der Waals surface area contributed by atoms with E-state index in [0.29, 0.717) is 0 Å². The quantitative estimate of drug-likeness (QED) is 0.757. The van der Waals surface area contributed by atoms with Gasteiger partial charge in [-0.25, -0.2) is 0 Å². The first kappa shape index (κ1) is 9.85. The predicted octanol–water partition coefficient (Wildman–Crippen LogP) is 0.933. The molecule has 1 amide bonds. The van der Waals surface area contributed by atoms with E-state index in [-0.39, 0.29) is 11.9 Å². The lowest BCUT2D eigenvalue weighted by Crippen LogP contribution is -2.53. The van der Waals surface area contributed by atoms with Crippen LogP contribution in [0.15, 0.2) is 24.3 Å². The van der Waals surface area contributed by atoms with Gasteiger partial charge in [-0.3, -0.25) is 4.79 Å². The topological polar surface area (TPSA) is 32.3 Å². The molecule has 1 aromatic carbocycles. The number of hydrogen-bond donors (Lipinski definition) is 1. The normalized spacial score (nSPS) is 23.5. The summed E-state index contributed by atoms with van der Waals surface area (Å²) in [6.45, 7) is 2.71. The van der Waals surface area contributed by atoms with Crippen LogP contribution in [0.1, 0.15) is 17.5 Å². The molecule has 3 nitrogen and oxygen atoms in total. The average molecular weight is 216 g/mol. The molecule has 2 heterocycles. The van der Waals surface area contributed by atoms with Crippen molar-refractivity contribution in [2.75, 3.05) is 13.1 Å².